The lowest BCUT2D eigenvalue weighted by molar-refractivity contribution is -0.143. The zero-order valence-corrected chi connectivity index (χ0v) is 40.0. The van der Waals surface area contributed by atoms with Crippen molar-refractivity contribution in [3.63, 3.8) is 0 Å². The van der Waals surface area contributed by atoms with E-state index in [1.54, 1.807) is 23.5 Å². The summed E-state index contributed by atoms with van der Waals surface area (Å²) in [7, 11) is 0. The summed E-state index contributed by atoms with van der Waals surface area (Å²) >= 11 is 7.38. The van der Waals surface area contributed by atoms with Crippen LogP contribution in [0, 0.1) is 26.3 Å². The van der Waals surface area contributed by atoms with Gasteiger partial charge < -0.3 is 39.8 Å². The average Bonchev–Trinajstić information content (AvgIpc) is 3.96. The number of carbonyl (C=O) groups excluding carboxylic acids is 4. The number of benzene rings is 3. The molecule has 3 N–H and O–H groups in total. The summed E-state index contributed by atoms with van der Waals surface area (Å²) in [6, 6.07) is 18.9. The van der Waals surface area contributed by atoms with Gasteiger partial charge in [-0.1, -0.05) is 44.2 Å². The molecule has 350 valence electrons. The molecule has 6 rings (SSSR count). The van der Waals surface area contributed by atoms with Crippen molar-refractivity contribution in [2.45, 2.75) is 97.5 Å². The summed E-state index contributed by atoms with van der Waals surface area (Å²) in [6.45, 7) is 20.3. The van der Waals surface area contributed by atoms with E-state index in [1.165, 1.54) is 9.80 Å². The van der Waals surface area contributed by atoms with Crippen LogP contribution in [0.1, 0.15) is 70.2 Å². The van der Waals surface area contributed by atoms with E-state index in [0.717, 1.165) is 45.8 Å². The summed E-state index contributed by atoms with van der Waals surface area (Å²) in [5, 5.41) is 16.5. The molecular formula is C49H59N7O8S2. The Kier molecular flexibility index (Phi) is 17.0. The maximum absolute atomic E-state index is 13.7. The molecule has 66 heavy (non-hydrogen) atoms. The monoisotopic (exact) mass is 937 g/mol. The SMILES string of the molecule is [C-]#[N+]c1ccc(N2C(=O)C(C)(C)N(c3ccc(OCCCCOCCCOCC(=O)N[C@H](C(=O)N4C[C@H](O)C[C@H]4C(=O)NCc4ccc(-c5scnc5C)cc4)C(C)C)cc3)C2=S)cc1C. The lowest BCUT2D eigenvalue weighted by Crippen LogP contribution is -2.55. The van der Waals surface area contributed by atoms with Crippen LogP contribution < -0.4 is 25.2 Å². The molecule has 0 radical (unpaired) electrons. The zero-order chi connectivity index (χ0) is 47.5. The highest BCUT2D eigenvalue weighted by atomic mass is 32.1. The Bertz CT molecular complexity index is 2400. The number of thiazole rings is 1. The van der Waals surface area contributed by atoms with E-state index in [4.69, 9.17) is 33.0 Å². The number of hydrogen-bond donors (Lipinski definition) is 3. The second-order valence-electron chi connectivity index (χ2n) is 17.3. The van der Waals surface area contributed by atoms with E-state index in [2.05, 4.69) is 20.5 Å². The molecule has 2 aliphatic rings. The number of aliphatic hydroxyl groups excluding tert-OH is 1. The van der Waals surface area contributed by atoms with Crippen molar-refractivity contribution >= 4 is 69.4 Å². The predicted octanol–water partition coefficient (Wildman–Crippen LogP) is 6.90. The van der Waals surface area contributed by atoms with Crippen molar-refractivity contribution in [2.24, 2.45) is 5.92 Å². The van der Waals surface area contributed by atoms with Crippen LogP contribution >= 0.6 is 23.6 Å². The summed E-state index contributed by atoms with van der Waals surface area (Å²) in [4.78, 5) is 67.2. The van der Waals surface area contributed by atoms with E-state index in [0.29, 0.717) is 55.1 Å². The minimum absolute atomic E-state index is 0.00149. The number of amides is 4. The first-order valence-corrected chi connectivity index (χ1v) is 23.5. The molecule has 17 heteroatoms. The number of unbranched alkanes of at least 4 members (excludes halogenated alkanes) is 1. The minimum atomic E-state index is -0.919. The van der Waals surface area contributed by atoms with Gasteiger partial charge in [-0.25, -0.2) is 9.83 Å². The standard InChI is InChI=1S/C49H59N7O8S2/c1-31(2)43(46(60)54-28-38(57)26-41(54)45(59)51-27-34-11-13-35(14-12-34)44-33(4)52-30-66-44)53-42(58)29-63-23-10-22-62-21-8-9-24-64-39-18-15-36(16-19-39)56-48(65)55(47(61)49(56,5)6)37-17-20-40(50-7)32(3)25-37/h11-20,25,30-31,38,41,43,57H,8-10,21-24,26-29H2,1-6H3,(H,51,59)(H,53,58)/t38-,41+,43+/m1/s1. The number of β-amino-alcohol motifs (C(OH)–C–C–N with tert-alkyl or cyclic N) is 1. The molecule has 4 amide bonds. The van der Waals surface area contributed by atoms with Gasteiger partial charge in [0.25, 0.3) is 5.91 Å². The largest absolute Gasteiger partial charge is 0.494 e. The Hall–Kier alpha value is -5.77. The van der Waals surface area contributed by atoms with Gasteiger partial charge in [0.2, 0.25) is 17.7 Å². The fourth-order valence-electron chi connectivity index (χ4n) is 7.95. The van der Waals surface area contributed by atoms with Crippen molar-refractivity contribution in [1.82, 2.24) is 20.5 Å². The molecule has 3 aromatic carbocycles. The number of aliphatic hydroxyl groups is 1. The predicted molar refractivity (Wildman–Crippen MR) is 259 cm³/mol. The second-order valence-corrected chi connectivity index (χ2v) is 18.6. The molecule has 2 saturated heterocycles. The topological polar surface area (TPSA) is 167 Å². The van der Waals surface area contributed by atoms with Crippen LogP contribution in [-0.2, 0) is 35.2 Å². The summed E-state index contributed by atoms with van der Waals surface area (Å²) < 4.78 is 17.3. The number of ether oxygens (including phenoxy) is 3. The van der Waals surface area contributed by atoms with Gasteiger partial charge in [-0.2, -0.15) is 0 Å². The van der Waals surface area contributed by atoms with E-state index >= 15 is 0 Å². The lowest BCUT2D eigenvalue weighted by Gasteiger charge is -2.30. The van der Waals surface area contributed by atoms with E-state index in [9.17, 15) is 24.3 Å². The van der Waals surface area contributed by atoms with Crippen molar-refractivity contribution in [3.8, 4) is 16.2 Å². The molecule has 0 unspecified atom stereocenters. The van der Waals surface area contributed by atoms with E-state index in [1.807, 2.05) is 107 Å². The number of hydrogen-bond acceptors (Lipinski definition) is 11. The number of carbonyl (C=O) groups is 4. The molecule has 0 bridgehead atoms. The van der Waals surface area contributed by atoms with Crippen LogP contribution in [0.4, 0.5) is 17.1 Å². The third-order valence-electron chi connectivity index (χ3n) is 11.6. The van der Waals surface area contributed by atoms with E-state index in [-0.39, 0.29) is 43.8 Å². The van der Waals surface area contributed by atoms with Crippen LogP contribution in [-0.4, -0.2) is 107 Å². The quantitative estimate of drug-likeness (QED) is 0.0452. The van der Waals surface area contributed by atoms with Crippen LogP contribution in [0.15, 0.2) is 72.2 Å². The molecule has 4 aromatic rings. The van der Waals surface area contributed by atoms with Gasteiger partial charge in [-0.3, -0.25) is 24.1 Å². The average molecular weight is 938 g/mol. The Balaban J connectivity index is 0.843. The van der Waals surface area contributed by atoms with Crippen molar-refractivity contribution in [2.75, 3.05) is 49.4 Å². The first-order chi connectivity index (χ1) is 31.6. The Morgan fingerprint density at radius 1 is 0.970 bits per heavy atom. The highest BCUT2D eigenvalue weighted by Crippen LogP contribution is 2.38. The number of nitrogens with zero attached hydrogens (tertiary/aromatic N) is 5. The zero-order valence-electron chi connectivity index (χ0n) is 38.4. The Morgan fingerprint density at radius 2 is 1.65 bits per heavy atom. The van der Waals surface area contributed by atoms with Crippen molar-refractivity contribution < 1.29 is 38.5 Å². The normalized spacial score (nSPS) is 17.3. The van der Waals surface area contributed by atoms with Gasteiger partial charge in [0.15, 0.2) is 10.8 Å². The summed E-state index contributed by atoms with van der Waals surface area (Å²) in [5.74, 6) is -0.968. The van der Waals surface area contributed by atoms with E-state index < -0.39 is 35.5 Å². The molecule has 0 aliphatic carbocycles. The molecule has 3 atom stereocenters. The molecule has 2 aliphatic heterocycles. The van der Waals surface area contributed by atoms with Gasteiger partial charge in [-0.15, -0.1) is 11.3 Å². The first-order valence-electron chi connectivity index (χ1n) is 22.2. The number of anilines is 2. The Morgan fingerprint density at radius 3 is 2.32 bits per heavy atom. The third-order valence-corrected chi connectivity index (χ3v) is 13.0. The molecule has 2 fully saturated rings. The van der Waals surface area contributed by atoms with Crippen molar-refractivity contribution in [1.29, 1.82) is 0 Å². The molecule has 0 spiro atoms. The van der Waals surface area contributed by atoms with Crippen molar-refractivity contribution in [3.05, 3.63) is 100 Å². The van der Waals surface area contributed by atoms with Crippen LogP contribution in [0.2, 0.25) is 0 Å². The lowest BCUT2D eigenvalue weighted by atomic mass is 10.0. The molecule has 0 saturated carbocycles. The number of rotatable bonds is 21. The number of likely N-dealkylation sites (tertiary alicyclic amines) is 1. The van der Waals surface area contributed by atoms with Crippen LogP contribution in [0.25, 0.3) is 15.3 Å². The molecular weight excluding hydrogens is 879 g/mol. The molecule has 1 aromatic heterocycles. The van der Waals surface area contributed by atoms with Gasteiger partial charge in [-0.05, 0) is 118 Å². The summed E-state index contributed by atoms with van der Waals surface area (Å²) in [5.41, 5.74) is 6.51. The Labute approximate surface area is 396 Å². The van der Waals surface area contributed by atoms with Gasteiger partial charge >= 0.3 is 0 Å². The number of thiocarbonyl (C=S) groups is 1. The van der Waals surface area contributed by atoms with Gasteiger partial charge in [0, 0.05) is 50.7 Å². The maximum Gasteiger partial charge on any atom is 0.259 e. The summed E-state index contributed by atoms with van der Waals surface area (Å²) in [6.07, 6.45) is 1.39. The second kappa shape index (κ2) is 22.6. The smallest absolute Gasteiger partial charge is 0.259 e. The molecule has 15 nitrogen and oxygen atoms in total. The van der Waals surface area contributed by atoms with Crippen LogP contribution in [0.5, 0.6) is 5.75 Å². The molecule has 3 heterocycles. The van der Waals surface area contributed by atoms with Gasteiger partial charge in [0.1, 0.15) is 30.0 Å². The maximum atomic E-state index is 13.7. The third kappa shape index (κ3) is 12.0. The fourth-order valence-corrected chi connectivity index (χ4v) is 9.28. The number of aromatic nitrogens is 1. The van der Waals surface area contributed by atoms with Gasteiger partial charge in [0.05, 0.1) is 35.4 Å². The fraction of sp³-hybridized carbons (Fsp3) is 0.449. The minimum Gasteiger partial charge on any atom is -0.494 e. The number of nitrogens with one attached hydrogen (secondary N) is 2. The first kappa shape index (κ1) is 49.7. The van der Waals surface area contributed by atoms with Crippen LogP contribution in [0.3, 0.4) is 0 Å². The highest BCUT2D eigenvalue weighted by Gasteiger charge is 2.50. The number of aryl methyl sites for hydroxylation is 2. The highest BCUT2D eigenvalue weighted by molar-refractivity contribution is 7.81.